The van der Waals surface area contributed by atoms with Crippen LogP contribution in [0.4, 0.5) is 0 Å². The van der Waals surface area contributed by atoms with Gasteiger partial charge in [-0.1, -0.05) is 6.92 Å². The van der Waals surface area contributed by atoms with Gasteiger partial charge in [-0.15, -0.1) is 0 Å². The third kappa shape index (κ3) is 8.98. The van der Waals surface area contributed by atoms with Gasteiger partial charge in [-0.2, -0.15) is 0 Å². The van der Waals surface area contributed by atoms with Crippen molar-refractivity contribution in [3.05, 3.63) is 0 Å². The van der Waals surface area contributed by atoms with Gasteiger partial charge in [-0.25, -0.2) is 0 Å². The third-order valence-electron chi connectivity index (χ3n) is 2.08. The summed E-state index contributed by atoms with van der Waals surface area (Å²) in [6, 6.07) is 0. The minimum atomic E-state index is -0.283. The van der Waals surface area contributed by atoms with E-state index in [-0.39, 0.29) is 30.5 Å². The predicted octanol–water partition coefficient (Wildman–Crippen LogP) is 1.18. The number of hydrogen-bond donors (Lipinski definition) is 1. The van der Waals surface area contributed by atoms with Crippen molar-refractivity contribution in [1.82, 2.24) is 10.2 Å². The first kappa shape index (κ1) is 16.9. The maximum atomic E-state index is 11.8. The Morgan fingerprint density at radius 2 is 1.78 bits per heavy atom. The van der Waals surface area contributed by atoms with Crippen molar-refractivity contribution in [2.24, 2.45) is 0 Å². The highest BCUT2D eigenvalue weighted by Crippen LogP contribution is 1.99. The van der Waals surface area contributed by atoms with Gasteiger partial charge in [0.05, 0.1) is 19.7 Å². The van der Waals surface area contributed by atoms with Gasteiger partial charge in [0.25, 0.3) is 0 Å². The monoisotopic (exact) mass is 258 g/mol. The van der Waals surface area contributed by atoms with E-state index in [4.69, 9.17) is 4.74 Å². The minimum Gasteiger partial charge on any atom is -0.465 e. The summed E-state index contributed by atoms with van der Waals surface area (Å²) in [6.45, 7) is 11.0. The lowest BCUT2D eigenvalue weighted by Gasteiger charge is -2.24. The lowest BCUT2D eigenvalue weighted by molar-refractivity contribution is -0.144. The Morgan fingerprint density at radius 1 is 1.17 bits per heavy atom. The number of carbonyl (C=O) groups is 2. The van der Waals surface area contributed by atoms with E-state index in [9.17, 15) is 9.59 Å². The standard InChI is InChI=1S/C13H26N2O3/c1-6-8-15(10-12(17)18-7-2)9-11(16)14-13(3,4)5/h6-10H2,1-5H3,(H,14,16). The number of nitrogens with one attached hydrogen (secondary N) is 1. The smallest absolute Gasteiger partial charge is 0.320 e. The molecule has 0 aromatic carbocycles. The van der Waals surface area contributed by atoms with Gasteiger partial charge in [-0.3, -0.25) is 14.5 Å². The lowest BCUT2D eigenvalue weighted by atomic mass is 10.1. The lowest BCUT2D eigenvalue weighted by Crippen LogP contribution is -2.47. The van der Waals surface area contributed by atoms with Crippen molar-refractivity contribution in [2.45, 2.75) is 46.6 Å². The van der Waals surface area contributed by atoms with Gasteiger partial charge in [0.2, 0.25) is 5.91 Å². The summed E-state index contributed by atoms with van der Waals surface area (Å²) in [7, 11) is 0. The number of nitrogens with zero attached hydrogens (tertiary/aromatic N) is 1. The van der Waals surface area contributed by atoms with Crippen LogP contribution in [0.1, 0.15) is 41.0 Å². The summed E-state index contributed by atoms with van der Waals surface area (Å²) in [5.74, 6) is -0.352. The van der Waals surface area contributed by atoms with Gasteiger partial charge >= 0.3 is 5.97 Å². The second kappa shape index (κ2) is 8.08. The topological polar surface area (TPSA) is 58.6 Å². The summed E-state index contributed by atoms with van der Waals surface area (Å²) in [5.41, 5.74) is -0.251. The number of carbonyl (C=O) groups excluding carboxylic acids is 2. The average Bonchev–Trinajstić information content (AvgIpc) is 2.14. The summed E-state index contributed by atoms with van der Waals surface area (Å²) in [4.78, 5) is 25.0. The largest absolute Gasteiger partial charge is 0.465 e. The molecule has 0 saturated carbocycles. The first-order valence-electron chi connectivity index (χ1n) is 6.47. The molecule has 1 N–H and O–H groups in total. The molecular weight excluding hydrogens is 232 g/mol. The van der Waals surface area contributed by atoms with Crippen LogP contribution in [0.5, 0.6) is 0 Å². The molecule has 0 aromatic rings. The molecule has 0 atom stereocenters. The van der Waals surface area contributed by atoms with Crippen molar-refractivity contribution in [3.8, 4) is 0 Å². The summed E-state index contributed by atoms with van der Waals surface area (Å²) in [5, 5.41) is 2.88. The van der Waals surface area contributed by atoms with Gasteiger partial charge in [0.1, 0.15) is 0 Å². The van der Waals surface area contributed by atoms with E-state index in [0.29, 0.717) is 13.2 Å². The fourth-order valence-electron chi connectivity index (χ4n) is 1.58. The third-order valence-corrected chi connectivity index (χ3v) is 2.08. The van der Waals surface area contributed by atoms with E-state index in [1.165, 1.54) is 0 Å². The zero-order valence-corrected chi connectivity index (χ0v) is 12.2. The van der Waals surface area contributed by atoms with Crippen molar-refractivity contribution in [3.63, 3.8) is 0 Å². The Kier molecular flexibility index (Phi) is 7.59. The summed E-state index contributed by atoms with van der Waals surface area (Å²) >= 11 is 0. The number of rotatable bonds is 7. The van der Waals surface area contributed by atoms with Crippen LogP contribution in [0.3, 0.4) is 0 Å². The molecule has 0 spiro atoms. The number of esters is 1. The van der Waals surface area contributed by atoms with E-state index < -0.39 is 0 Å². The van der Waals surface area contributed by atoms with E-state index in [1.54, 1.807) is 11.8 Å². The normalized spacial score (nSPS) is 11.4. The minimum absolute atomic E-state index is 0.0692. The van der Waals surface area contributed by atoms with Gasteiger partial charge < -0.3 is 10.1 Å². The van der Waals surface area contributed by atoms with Crippen LogP contribution < -0.4 is 5.32 Å². The zero-order valence-electron chi connectivity index (χ0n) is 12.2. The number of hydrogen-bond acceptors (Lipinski definition) is 4. The molecule has 0 unspecified atom stereocenters. The Hall–Kier alpha value is -1.10. The molecular formula is C13H26N2O3. The SMILES string of the molecule is CCCN(CC(=O)NC(C)(C)C)CC(=O)OCC. The Morgan fingerprint density at radius 3 is 2.22 bits per heavy atom. The molecule has 0 saturated heterocycles. The summed E-state index contributed by atoms with van der Waals surface area (Å²) < 4.78 is 4.89. The molecule has 1 amide bonds. The van der Waals surface area contributed by atoms with E-state index in [1.807, 2.05) is 27.7 Å². The summed E-state index contributed by atoms with van der Waals surface area (Å²) in [6.07, 6.45) is 0.891. The maximum absolute atomic E-state index is 11.8. The highest BCUT2D eigenvalue weighted by Gasteiger charge is 2.18. The van der Waals surface area contributed by atoms with Crippen LogP contribution in [-0.4, -0.2) is 48.6 Å². The zero-order chi connectivity index (χ0) is 14.2. The van der Waals surface area contributed by atoms with Crippen LogP contribution in [-0.2, 0) is 14.3 Å². The molecule has 0 radical (unpaired) electrons. The van der Waals surface area contributed by atoms with Crippen molar-refractivity contribution < 1.29 is 14.3 Å². The molecule has 0 rings (SSSR count). The van der Waals surface area contributed by atoms with Gasteiger partial charge in [-0.05, 0) is 40.7 Å². The van der Waals surface area contributed by atoms with Crippen molar-refractivity contribution in [2.75, 3.05) is 26.2 Å². The second-order valence-electron chi connectivity index (χ2n) is 5.31. The highest BCUT2D eigenvalue weighted by atomic mass is 16.5. The van der Waals surface area contributed by atoms with Crippen LogP contribution in [0.2, 0.25) is 0 Å². The van der Waals surface area contributed by atoms with E-state index in [2.05, 4.69) is 5.32 Å². The van der Waals surface area contributed by atoms with Crippen LogP contribution >= 0.6 is 0 Å². The second-order valence-corrected chi connectivity index (χ2v) is 5.31. The molecule has 18 heavy (non-hydrogen) atoms. The molecule has 0 fully saturated rings. The molecule has 0 heterocycles. The number of amides is 1. The van der Waals surface area contributed by atoms with Crippen LogP contribution in [0.25, 0.3) is 0 Å². The molecule has 0 aromatic heterocycles. The molecule has 5 nitrogen and oxygen atoms in total. The number of ether oxygens (including phenoxy) is 1. The van der Waals surface area contributed by atoms with E-state index >= 15 is 0 Å². The van der Waals surface area contributed by atoms with Crippen LogP contribution in [0.15, 0.2) is 0 Å². The fourth-order valence-corrected chi connectivity index (χ4v) is 1.58. The Balaban J connectivity index is 4.26. The molecule has 0 aliphatic carbocycles. The first-order valence-corrected chi connectivity index (χ1v) is 6.47. The maximum Gasteiger partial charge on any atom is 0.320 e. The molecule has 5 heteroatoms. The van der Waals surface area contributed by atoms with Gasteiger partial charge in [0, 0.05) is 5.54 Å². The molecule has 0 bridgehead atoms. The fraction of sp³-hybridized carbons (Fsp3) is 0.846. The predicted molar refractivity (Wildman–Crippen MR) is 71.3 cm³/mol. The van der Waals surface area contributed by atoms with Crippen LogP contribution in [0, 0.1) is 0 Å². The van der Waals surface area contributed by atoms with Crippen molar-refractivity contribution in [1.29, 1.82) is 0 Å². The Labute approximate surface area is 110 Å². The quantitative estimate of drug-likeness (QED) is 0.697. The van der Waals surface area contributed by atoms with E-state index in [0.717, 1.165) is 6.42 Å². The van der Waals surface area contributed by atoms with Gasteiger partial charge in [0.15, 0.2) is 0 Å². The molecule has 0 aliphatic rings. The molecule has 106 valence electrons. The molecule has 0 aliphatic heterocycles. The van der Waals surface area contributed by atoms with Crippen molar-refractivity contribution >= 4 is 11.9 Å². The first-order chi connectivity index (χ1) is 8.28. The Bertz CT molecular complexity index is 272. The average molecular weight is 258 g/mol. The highest BCUT2D eigenvalue weighted by molar-refractivity contribution is 5.79.